The molecule has 4 rings (SSSR count). The van der Waals surface area contributed by atoms with Crippen LogP contribution in [-0.4, -0.2) is 35.4 Å². The predicted molar refractivity (Wildman–Crippen MR) is 119 cm³/mol. The first-order valence-corrected chi connectivity index (χ1v) is 9.39. The van der Waals surface area contributed by atoms with Crippen LogP contribution in [0.4, 0.5) is 4.39 Å². The van der Waals surface area contributed by atoms with Crippen molar-refractivity contribution in [2.75, 3.05) is 19.6 Å². The Balaban J connectivity index is 0.00000160. The van der Waals surface area contributed by atoms with Gasteiger partial charge in [-0.25, -0.2) is 9.37 Å². The molecular formula is C22H24Cl2FN3O2. The molecule has 1 amide bonds. The van der Waals surface area contributed by atoms with Crippen molar-refractivity contribution in [3.05, 3.63) is 77.4 Å². The Bertz CT molecular complexity index is 982. The number of aryl methyl sites for hydroxylation is 1. The average molecular weight is 452 g/mol. The highest BCUT2D eigenvalue weighted by atomic mass is 35.5. The SMILES string of the molecule is Cc1oc(-c2ccccc2)nc1CC(=O)N1CCNCC1c1cccc(F)c1.Cl.Cl. The zero-order valence-corrected chi connectivity index (χ0v) is 18.1. The smallest absolute Gasteiger partial charge is 0.229 e. The van der Waals surface area contributed by atoms with Gasteiger partial charge in [-0.05, 0) is 36.8 Å². The van der Waals surface area contributed by atoms with E-state index in [0.29, 0.717) is 37.0 Å². The van der Waals surface area contributed by atoms with Crippen LogP contribution in [0.3, 0.4) is 0 Å². The molecule has 0 aliphatic carbocycles. The minimum absolute atomic E-state index is 0. The molecule has 1 aromatic heterocycles. The first-order chi connectivity index (χ1) is 13.6. The summed E-state index contributed by atoms with van der Waals surface area (Å²) in [5, 5.41) is 3.29. The number of nitrogens with zero attached hydrogens (tertiary/aromatic N) is 2. The summed E-state index contributed by atoms with van der Waals surface area (Å²) < 4.78 is 19.4. The molecule has 0 radical (unpaired) electrons. The van der Waals surface area contributed by atoms with Gasteiger partial charge in [0.15, 0.2) is 0 Å². The molecule has 2 aromatic carbocycles. The molecule has 1 fully saturated rings. The van der Waals surface area contributed by atoms with Gasteiger partial charge in [0, 0.05) is 25.2 Å². The second-order valence-corrected chi connectivity index (χ2v) is 6.93. The summed E-state index contributed by atoms with van der Waals surface area (Å²) in [6.07, 6.45) is 0.161. The van der Waals surface area contributed by atoms with E-state index in [-0.39, 0.29) is 49.0 Å². The Morgan fingerprint density at radius 3 is 2.70 bits per heavy atom. The first kappa shape index (κ1) is 23.9. The number of hydrogen-bond acceptors (Lipinski definition) is 4. The first-order valence-electron chi connectivity index (χ1n) is 9.39. The number of carbonyl (C=O) groups is 1. The third-order valence-electron chi connectivity index (χ3n) is 5.03. The maximum atomic E-state index is 13.7. The van der Waals surface area contributed by atoms with Crippen LogP contribution in [-0.2, 0) is 11.2 Å². The number of halogens is 3. The third kappa shape index (κ3) is 5.19. The molecule has 0 saturated carbocycles. The van der Waals surface area contributed by atoms with Crippen molar-refractivity contribution in [2.45, 2.75) is 19.4 Å². The van der Waals surface area contributed by atoms with E-state index in [2.05, 4.69) is 10.3 Å². The van der Waals surface area contributed by atoms with Crippen LogP contribution in [0.15, 0.2) is 59.0 Å². The molecule has 2 heterocycles. The molecule has 1 unspecified atom stereocenters. The monoisotopic (exact) mass is 451 g/mol. The van der Waals surface area contributed by atoms with Crippen molar-refractivity contribution in [2.24, 2.45) is 0 Å². The van der Waals surface area contributed by atoms with Gasteiger partial charge in [-0.2, -0.15) is 0 Å². The summed E-state index contributed by atoms with van der Waals surface area (Å²) in [6.45, 7) is 3.71. The second kappa shape index (κ2) is 10.6. The number of nitrogens with one attached hydrogen (secondary N) is 1. The maximum absolute atomic E-state index is 13.7. The molecular weight excluding hydrogens is 428 g/mol. The zero-order chi connectivity index (χ0) is 19.5. The highest BCUT2D eigenvalue weighted by Crippen LogP contribution is 2.26. The quantitative estimate of drug-likeness (QED) is 0.640. The van der Waals surface area contributed by atoms with E-state index in [0.717, 1.165) is 11.1 Å². The van der Waals surface area contributed by atoms with E-state index in [1.54, 1.807) is 6.07 Å². The lowest BCUT2D eigenvalue weighted by Crippen LogP contribution is -2.49. The van der Waals surface area contributed by atoms with Crippen LogP contribution in [0, 0.1) is 12.7 Å². The fourth-order valence-electron chi connectivity index (χ4n) is 3.56. The van der Waals surface area contributed by atoms with Crippen molar-refractivity contribution in [3.63, 3.8) is 0 Å². The normalized spacial score (nSPS) is 15.8. The van der Waals surface area contributed by atoms with E-state index in [1.807, 2.05) is 48.2 Å². The molecule has 1 saturated heterocycles. The fraction of sp³-hybridized carbons (Fsp3) is 0.273. The average Bonchev–Trinajstić information content (AvgIpc) is 3.09. The Labute approximate surface area is 187 Å². The number of rotatable bonds is 4. The van der Waals surface area contributed by atoms with E-state index in [4.69, 9.17) is 4.42 Å². The molecule has 30 heavy (non-hydrogen) atoms. The number of carbonyl (C=O) groups excluding carboxylic acids is 1. The van der Waals surface area contributed by atoms with E-state index < -0.39 is 0 Å². The Hall–Kier alpha value is -2.41. The fourth-order valence-corrected chi connectivity index (χ4v) is 3.56. The van der Waals surface area contributed by atoms with Crippen LogP contribution in [0.25, 0.3) is 11.5 Å². The van der Waals surface area contributed by atoms with Crippen molar-refractivity contribution in [1.29, 1.82) is 0 Å². The van der Waals surface area contributed by atoms with Crippen LogP contribution in [0.5, 0.6) is 0 Å². The van der Waals surface area contributed by atoms with Crippen molar-refractivity contribution in [1.82, 2.24) is 15.2 Å². The number of aromatic nitrogens is 1. The second-order valence-electron chi connectivity index (χ2n) is 6.93. The van der Waals surface area contributed by atoms with Gasteiger partial charge in [0.1, 0.15) is 11.6 Å². The minimum Gasteiger partial charge on any atom is -0.441 e. The molecule has 0 spiro atoms. The molecule has 3 aromatic rings. The van der Waals surface area contributed by atoms with Crippen LogP contribution in [0.1, 0.15) is 23.1 Å². The molecule has 1 atom stereocenters. The largest absolute Gasteiger partial charge is 0.441 e. The van der Waals surface area contributed by atoms with Gasteiger partial charge in [-0.1, -0.05) is 30.3 Å². The molecule has 5 nitrogen and oxygen atoms in total. The number of benzene rings is 2. The maximum Gasteiger partial charge on any atom is 0.229 e. The lowest BCUT2D eigenvalue weighted by Gasteiger charge is -2.36. The number of amides is 1. The molecule has 1 N–H and O–H groups in total. The van der Waals surface area contributed by atoms with Crippen molar-refractivity contribution in [3.8, 4) is 11.5 Å². The predicted octanol–water partition coefficient (Wildman–Crippen LogP) is 4.35. The van der Waals surface area contributed by atoms with Crippen LogP contribution < -0.4 is 5.32 Å². The summed E-state index contributed by atoms with van der Waals surface area (Å²) in [7, 11) is 0. The van der Waals surface area contributed by atoms with Gasteiger partial charge in [0.2, 0.25) is 11.8 Å². The Morgan fingerprint density at radius 1 is 1.20 bits per heavy atom. The van der Waals surface area contributed by atoms with Gasteiger partial charge in [0.05, 0.1) is 18.2 Å². The molecule has 8 heteroatoms. The lowest BCUT2D eigenvalue weighted by atomic mass is 10.0. The van der Waals surface area contributed by atoms with Crippen LogP contribution in [0.2, 0.25) is 0 Å². The molecule has 1 aliphatic heterocycles. The third-order valence-corrected chi connectivity index (χ3v) is 5.03. The summed E-state index contributed by atoms with van der Waals surface area (Å²) in [5.74, 6) is 0.828. The summed E-state index contributed by atoms with van der Waals surface area (Å²) in [6, 6.07) is 15.9. The summed E-state index contributed by atoms with van der Waals surface area (Å²) in [4.78, 5) is 19.4. The number of oxazole rings is 1. The molecule has 160 valence electrons. The standard InChI is InChI=1S/C22H22FN3O2.2ClH/c1-15-19(25-22(28-15)16-6-3-2-4-7-16)13-21(27)26-11-10-24-14-20(26)17-8-5-9-18(23)12-17;;/h2-9,12,20,24H,10-11,13-14H2,1H3;2*1H. The number of hydrogen-bond donors (Lipinski definition) is 1. The minimum atomic E-state index is -0.296. The highest BCUT2D eigenvalue weighted by Gasteiger charge is 2.29. The zero-order valence-electron chi connectivity index (χ0n) is 16.5. The highest BCUT2D eigenvalue weighted by molar-refractivity contribution is 5.85. The molecule has 1 aliphatic rings. The van der Waals surface area contributed by atoms with Gasteiger partial charge in [0.25, 0.3) is 0 Å². The van der Waals surface area contributed by atoms with E-state index in [9.17, 15) is 9.18 Å². The lowest BCUT2D eigenvalue weighted by molar-refractivity contribution is -0.133. The summed E-state index contributed by atoms with van der Waals surface area (Å²) >= 11 is 0. The van der Waals surface area contributed by atoms with Crippen molar-refractivity contribution < 1.29 is 13.6 Å². The molecule has 0 bridgehead atoms. The number of piperazine rings is 1. The van der Waals surface area contributed by atoms with Gasteiger partial charge in [-0.3, -0.25) is 4.79 Å². The van der Waals surface area contributed by atoms with E-state index in [1.165, 1.54) is 12.1 Å². The topological polar surface area (TPSA) is 58.4 Å². The Morgan fingerprint density at radius 2 is 1.97 bits per heavy atom. The van der Waals surface area contributed by atoms with Gasteiger partial charge >= 0.3 is 0 Å². The Kier molecular flexibility index (Phi) is 8.41. The van der Waals surface area contributed by atoms with Crippen LogP contribution >= 0.6 is 24.8 Å². The van der Waals surface area contributed by atoms with Gasteiger partial charge < -0.3 is 14.6 Å². The van der Waals surface area contributed by atoms with E-state index >= 15 is 0 Å². The van der Waals surface area contributed by atoms with Crippen molar-refractivity contribution >= 4 is 30.7 Å². The van der Waals surface area contributed by atoms with Gasteiger partial charge in [-0.15, -0.1) is 24.8 Å². The summed E-state index contributed by atoms with van der Waals surface area (Å²) in [5.41, 5.74) is 2.31.